The number of anilines is 2. The number of carbonyl (C=O) groups is 1. The molecule has 156 valence electrons. The van der Waals surface area contributed by atoms with Crippen molar-refractivity contribution in [1.82, 2.24) is 4.72 Å². The predicted octanol–water partition coefficient (Wildman–Crippen LogP) is 2.39. The van der Waals surface area contributed by atoms with Crippen molar-refractivity contribution in [2.24, 2.45) is 0 Å². The van der Waals surface area contributed by atoms with Crippen LogP contribution in [0, 0.1) is 0 Å². The number of benzene rings is 2. The molecule has 3 N–H and O–H groups in total. The van der Waals surface area contributed by atoms with Gasteiger partial charge in [0.2, 0.25) is 10.0 Å². The molecule has 1 heterocycles. The van der Waals surface area contributed by atoms with Gasteiger partial charge in [-0.2, -0.15) is 17.9 Å². The molecule has 2 aromatic carbocycles. The Labute approximate surface area is 164 Å². The lowest BCUT2D eigenvalue weighted by molar-refractivity contribution is -0.137. The number of halogens is 3. The second kappa shape index (κ2) is 7.44. The molecule has 0 saturated carbocycles. The van der Waals surface area contributed by atoms with E-state index in [1.807, 2.05) is 0 Å². The van der Waals surface area contributed by atoms with E-state index in [0.717, 1.165) is 6.07 Å². The zero-order valence-electron chi connectivity index (χ0n) is 15.1. The quantitative estimate of drug-likeness (QED) is 0.687. The van der Waals surface area contributed by atoms with Crippen LogP contribution < -0.4 is 24.8 Å². The summed E-state index contributed by atoms with van der Waals surface area (Å²) in [5, 5.41) is 4.94. The summed E-state index contributed by atoms with van der Waals surface area (Å²) < 4.78 is 75.8. The Morgan fingerprint density at radius 3 is 2.45 bits per heavy atom. The third-order valence-electron chi connectivity index (χ3n) is 4.10. The Morgan fingerprint density at radius 1 is 1.10 bits per heavy atom. The fraction of sp³-hybridized carbons (Fsp3) is 0.235. The van der Waals surface area contributed by atoms with Crippen molar-refractivity contribution in [3.8, 4) is 11.5 Å². The minimum absolute atomic E-state index is 0.217. The van der Waals surface area contributed by atoms with Crippen LogP contribution in [0.25, 0.3) is 0 Å². The molecular formula is C17H16F3N3O5S. The largest absolute Gasteiger partial charge is 0.497 e. The van der Waals surface area contributed by atoms with E-state index >= 15 is 0 Å². The first-order valence-electron chi connectivity index (χ1n) is 8.08. The average Bonchev–Trinajstić information content (AvgIpc) is 2.66. The number of sulfonamides is 1. The fourth-order valence-corrected chi connectivity index (χ4v) is 3.94. The summed E-state index contributed by atoms with van der Waals surface area (Å²) in [5.41, 5.74) is -1.16. The number of amides is 1. The van der Waals surface area contributed by atoms with Gasteiger partial charge in [-0.3, -0.25) is 4.79 Å². The van der Waals surface area contributed by atoms with Crippen LogP contribution in [0.2, 0.25) is 0 Å². The van der Waals surface area contributed by atoms with Gasteiger partial charge in [0.1, 0.15) is 16.4 Å². The van der Waals surface area contributed by atoms with Gasteiger partial charge in [-0.05, 0) is 30.3 Å². The first-order chi connectivity index (χ1) is 13.5. The van der Waals surface area contributed by atoms with E-state index < -0.39 is 38.7 Å². The van der Waals surface area contributed by atoms with Crippen molar-refractivity contribution >= 4 is 27.3 Å². The number of ether oxygens (including phenoxy) is 2. The summed E-state index contributed by atoms with van der Waals surface area (Å²) in [6, 6.07) is 6.64. The van der Waals surface area contributed by atoms with Crippen molar-refractivity contribution in [1.29, 1.82) is 0 Å². The minimum Gasteiger partial charge on any atom is -0.497 e. The smallest absolute Gasteiger partial charge is 0.416 e. The highest BCUT2D eigenvalue weighted by Crippen LogP contribution is 2.35. The van der Waals surface area contributed by atoms with Crippen molar-refractivity contribution < 1.29 is 35.9 Å². The molecule has 0 radical (unpaired) electrons. The molecule has 29 heavy (non-hydrogen) atoms. The number of hydrogen-bond acceptors (Lipinski definition) is 6. The molecule has 1 atom stereocenters. The number of methoxy groups -OCH3 is 2. The molecule has 0 aliphatic carbocycles. The molecule has 1 aliphatic rings. The number of fused-ring (bicyclic) bond motifs is 1. The van der Waals surface area contributed by atoms with Gasteiger partial charge in [0.25, 0.3) is 5.91 Å². The lowest BCUT2D eigenvalue weighted by Gasteiger charge is -2.28. The third-order valence-corrected chi connectivity index (χ3v) is 5.58. The third kappa shape index (κ3) is 4.22. The van der Waals surface area contributed by atoms with Crippen LogP contribution in [0.3, 0.4) is 0 Å². The van der Waals surface area contributed by atoms with Crippen molar-refractivity contribution in [3.05, 3.63) is 42.0 Å². The molecule has 1 aliphatic heterocycles. The molecule has 8 nitrogen and oxygen atoms in total. The zero-order chi connectivity index (χ0) is 21.4. The number of alkyl halides is 3. The van der Waals surface area contributed by atoms with E-state index in [1.54, 1.807) is 6.07 Å². The summed E-state index contributed by atoms with van der Waals surface area (Å²) in [6.45, 7) is 0. The van der Waals surface area contributed by atoms with Crippen molar-refractivity contribution in [2.45, 2.75) is 17.2 Å². The second-order valence-corrected chi connectivity index (χ2v) is 7.65. The van der Waals surface area contributed by atoms with Gasteiger partial charge in [-0.25, -0.2) is 8.42 Å². The van der Waals surface area contributed by atoms with E-state index in [0.29, 0.717) is 17.9 Å². The lowest BCUT2D eigenvalue weighted by Crippen LogP contribution is -2.51. The maximum Gasteiger partial charge on any atom is 0.416 e. The monoisotopic (exact) mass is 431 g/mol. The summed E-state index contributed by atoms with van der Waals surface area (Å²) >= 11 is 0. The van der Waals surface area contributed by atoms with Crippen LogP contribution in [0.5, 0.6) is 11.5 Å². The van der Waals surface area contributed by atoms with E-state index in [-0.39, 0.29) is 17.1 Å². The SMILES string of the molecule is COc1ccc(NC(=O)[C@@H]2Nc3cc(C(F)(F)F)ccc3S(=O)(=O)N2)c(OC)c1. The molecule has 3 rings (SSSR count). The van der Waals surface area contributed by atoms with Gasteiger partial charge >= 0.3 is 6.18 Å². The van der Waals surface area contributed by atoms with Crippen LogP contribution in [0.4, 0.5) is 24.5 Å². The van der Waals surface area contributed by atoms with Gasteiger partial charge in [-0.1, -0.05) is 0 Å². The summed E-state index contributed by atoms with van der Waals surface area (Å²) in [7, 11) is -1.40. The molecule has 2 aromatic rings. The molecule has 0 bridgehead atoms. The molecule has 0 aromatic heterocycles. The van der Waals surface area contributed by atoms with Gasteiger partial charge in [0.15, 0.2) is 6.17 Å². The fourth-order valence-electron chi connectivity index (χ4n) is 2.68. The normalized spacial score (nSPS) is 17.6. The maximum absolute atomic E-state index is 12.9. The van der Waals surface area contributed by atoms with Crippen molar-refractivity contribution in [2.75, 3.05) is 24.9 Å². The highest BCUT2D eigenvalue weighted by Gasteiger charge is 2.37. The van der Waals surface area contributed by atoms with Gasteiger partial charge in [0.05, 0.1) is 31.2 Å². The van der Waals surface area contributed by atoms with E-state index in [4.69, 9.17) is 9.47 Å². The second-order valence-electron chi connectivity index (χ2n) is 5.96. The van der Waals surface area contributed by atoms with Crippen LogP contribution in [0.15, 0.2) is 41.3 Å². The maximum atomic E-state index is 12.9. The minimum atomic E-state index is -4.67. The Kier molecular flexibility index (Phi) is 5.32. The van der Waals surface area contributed by atoms with Crippen LogP contribution in [-0.2, 0) is 21.0 Å². The summed E-state index contributed by atoms with van der Waals surface area (Å²) in [5.74, 6) is -0.138. The number of nitrogens with one attached hydrogen (secondary N) is 3. The topological polar surface area (TPSA) is 106 Å². The summed E-state index contributed by atoms with van der Waals surface area (Å²) in [6.07, 6.45) is -6.21. The zero-order valence-corrected chi connectivity index (χ0v) is 15.9. The van der Waals surface area contributed by atoms with Crippen LogP contribution in [0.1, 0.15) is 5.56 Å². The molecular weight excluding hydrogens is 415 g/mol. The summed E-state index contributed by atoms with van der Waals surface area (Å²) in [4.78, 5) is 12.2. The van der Waals surface area contributed by atoms with E-state index in [9.17, 15) is 26.4 Å². The Balaban J connectivity index is 1.89. The lowest BCUT2D eigenvalue weighted by atomic mass is 10.2. The Morgan fingerprint density at radius 2 is 1.83 bits per heavy atom. The standard InChI is InChI=1S/C17H16F3N3O5S/c1-27-10-4-5-11(13(8-10)28-2)22-16(24)15-21-12-7-9(17(18,19)20)3-6-14(12)29(25,26)23-15/h3-8,15,21,23H,1-2H3,(H,22,24)/t15-/m1/s1. The molecule has 0 unspecified atom stereocenters. The van der Waals surface area contributed by atoms with Crippen LogP contribution in [-0.4, -0.2) is 34.7 Å². The van der Waals surface area contributed by atoms with E-state index in [1.165, 1.54) is 26.4 Å². The molecule has 0 spiro atoms. The molecule has 1 amide bonds. The highest BCUT2D eigenvalue weighted by atomic mass is 32.2. The van der Waals surface area contributed by atoms with Gasteiger partial charge in [-0.15, -0.1) is 0 Å². The van der Waals surface area contributed by atoms with Crippen LogP contribution >= 0.6 is 0 Å². The molecule has 0 fully saturated rings. The molecule has 0 saturated heterocycles. The van der Waals surface area contributed by atoms with Crippen molar-refractivity contribution in [3.63, 3.8) is 0 Å². The predicted molar refractivity (Wildman–Crippen MR) is 97.4 cm³/mol. The Hall–Kier alpha value is -2.99. The van der Waals surface area contributed by atoms with Gasteiger partial charge in [0, 0.05) is 6.07 Å². The number of hydrogen-bond donors (Lipinski definition) is 3. The van der Waals surface area contributed by atoms with E-state index in [2.05, 4.69) is 15.4 Å². The number of rotatable bonds is 4. The first kappa shape index (κ1) is 20.7. The first-order valence-corrected chi connectivity index (χ1v) is 9.56. The number of carbonyl (C=O) groups excluding carboxylic acids is 1. The average molecular weight is 431 g/mol. The Bertz CT molecular complexity index is 1060. The highest BCUT2D eigenvalue weighted by molar-refractivity contribution is 7.89. The molecule has 12 heteroatoms. The van der Waals surface area contributed by atoms with Gasteiger partial charge < -0.3 is 20.1 Å².